The predicted molar refractivity (Wildman–Crippen MR) is 169 cm³/mol. The molecule has 1 aliphatic heterocycles. The number of aliphatic hydroxyl groups excluding tert-OH is 3. The highest BCUT2D eigenvalue weighted by molar-refractivity contribution is 5.74. The fraction of sp³-hybridized carbons (Fsp3) is 0.929. The Morgan fingerprint density at radius 3 is 1.57 bits per heavy atom. The number of carbonyl (C=O) groups excluding carboxylic acids is 2. The van der Waals surface area contributed by atoms with Gasteiger partial charge in [-0.05, 0) is 117 Å². The van der Waals surface area contributed by atoms with Crippen LogP contribution in [-0.2, 0) is 9.47 Å². The molecule has 0 spiro atoms. The fourth-order valence-corrected chi connectivity index (χ4v) is 4.42. The van der Waals surface area contributed by atoms with Crippen molar-refractivity contribution in [2.45, 2.75) is 82.0 Å². The van der Waals surface area contributed by atoms with Crippen molar-refractivity contribution in [3.8, 4) is 0 Å². The number of carbonyl (C=O) groups is 2. The third-order valence-corrected chi connectivity index (χ3v) is 7.04. The minimum absolute atomic E-state index is 0.380. The highest BCUT2D eigenvalue weighted by atomic mass is 16.6. The van der Waals surface area contributed by atoms with Gasteiger partial charge < -0.3 is 73.5 Å². The van der Waals surface area contributed by atoms with Gasteiger partial charge in [0.2, 0.25) is 0 Å². The molecule has 0 saturated carbocycles. The van der Waals surface area contributed by atoms with Crippen molar-refractivity contribution in [3.63, 3.8) is 0 Å². The Hall–Kier alpha value is -1.86. The van der Waals surface area contributed by atoms with E-state index < -0.39 is 42.8 Å². The molecule has 1 fully saturated rings. The average Bonchev–Trinajstić information content (AvgIpc) is 3.01. The summed E-state index contributed by atoms with van der Waals surface area (Å²) in [4.78, 5) is 24.2. The van der Waals surface area contributed by atoms with E-state index in [0.29, 0.717) is 39.0 Å². The number of unbranched alkanes of at least 4 members (excludes halogenated alkanes) is 2. The molecule has 1 rings (SSSR count). The molecule has 44 heavy (non-hydrogen) atoms. The van der Waals surface area contributed by atoms with Gasteiger partial charge in [-0.15, -0.1) is 0 Å². The third kappa shape index (κ3) is 20.2. The smallest absolute Gasteiger partial charge is 0.407 e. The quantitative estimate of drug-likeness (QED) is 0.0409. The van der Waals surface area contributed by atoms with Crippen LogP contribution in [0.25, 0.3) is 0 Å². The van der Waals surface area contributed by atoms with Crippen LogP contribution >= 0.6 is 0 Å². The lowest BCUT2D eigenvalue weighted by atomic mass is 9.97. The lowest BCUT2D eigenvalue weighted by Gasteiger charge is -2.40. The van der Waals surface area contributed by atoms with Gasteiger partial charge in [-0.2, -0.15) is 0 Å². The van der Waals surface area contributed by atoms with E-state index in [9.17, 15) is 24.9 Å². The molecule has 1 heterocycles. The van der Waals surface area contributed by atoms with Gasteiger partial charge in [-0.3, -0.25) is 0 Å². The summed E-state index contributed by atoms with van der Waals surface area (Å²) in [7, 11) is 0. The van der Waals surface area contributed by atoms with Gasteiger partial charge in [0.25, 0.3) is 0 Å². The second-order valence-corrected chi connectivity index (χ2v) is 10.9. The van der Waals surface area contributed by atoms with E-state index in [0.717, 1.165) is 90.9 Å². The molecule has 16 heteroatoms. The Labute approximate surface area is 262 Å². The van der Waals surface area contributed by atoms with Crippen LogP contribution in [-0.4, -0.2) is 143 Å². The second-order valence-electron chi connectivity index (χ2n) is 10.9. The Bertz CT molecular complexity index is 712. The number of hydrogen-bond acceptors (Lipinski definition) is 13. The van der Waals surface area contributed by atoms with E-state index in [4.69, 9.17) is 20.9 Å². The number of hydrogen-bond donors (Lipinski definition) is 12. The molecule has 0 aliphatic carbocycles. The first-order valence-electron chi connectivity index (χ1n) is 16.3. The molecular weight excluding hydrogens is 574 g/mol. The van der Waals surface area contributed by atoms with E-state index in [2.05, 4.69) is 37.2 Å². The molecule has 0 bridgehead atoms. The van der Waals surface area contributed by atoms with Crippen molar-refractivity contribution in [2.24, 2.45) is 11.5 Å². The lowest BCUT2D eigenvalue weighted by molar-refractivity contribution is -0.252. The maximum absolute atomic E-state index is 12.2. The van der Waals surface area contributed by atoms with Gasteiger partial charge in [-0.25, -0.2) is 9.59 Å². The van der Waals surface area contributed by atoms with Crippen molar-refractivity contribution in [3.05, 3.63) is 0 Å². The van der Waals surface area contributed by atoms with Crippen molar-refractivity contribution in [1.82, 2.24) is 37.2 Å². The van der Waals surface area contributed by atoms with Crippen LogP contribution in [0, 0.1) is 0 Å². The summed E-state index contributed by atoms with van der Waals surface area (Å²) in [5, 5.41) is 52.2. The Morgan fingerprint density at radius 2 is 1.07 bits per heavy atom. The van der Waals surface area contributed by atoms with Crippen LogP contribution in [0.5, 0.6) is 0 Å². The predicted octanol–water partition coefficient (Wildman–Crippen LogP) is -2.78. The standard InChI is InChI=1S/C28H61N9O7/c29-9-5-15-31-11-1-3-13-33-17-7-19-35-27(41)37-23-25(39)24(38)22(44-26(23)40)21-43-28(42)36-20-8-18-34-14-4-2-12-32-16-6-10-30/h22-26,31-34,38-40H,1-21,29-30H2,(H,36,42)(H2,35,37,41)/t22-,23-,24-,25-,26?/m1/s1. The van der Waals surface area contributed by atoms with Crippen molar-refractivity contribution < 1.29 is 34.4 Å². The molecule has 1 saturated heterocycles. The van der Waals surface area contributed by atoms with E-state index in [-0.39, 0.29) is 6.61 Å². The summed E-state index contributed by atoms with van der Waals surface area (Å²) >= 11 is 0. The monoisotopic (exact) mass is 635 g/mol. The number of rotatable bonds is 27. The minimum Gasteiger partial charge on any atom is -0.447 e. The summed E-state index contributed by atoms with van der Waals surface area (Å²) in [6.07, 6.45) is 1.16. The van der Waals surface area contributed by atoms with Crippen molar-refractivity contribution >= 4 is 12.1 Å². The largest absolute Gasteiger partial charge is 0.447 e. The zero-order chi connectivity index (χ0) is 32.3. The Morgan fingerprint density at radius 1 is 0.614 bits per heavy atom. The highest BCUT2D eigenvalue weighted by Crippen LogP contribution is 2.20. The molecule has 3 amide bonds. The Balaban J connectivity index is 2.09. The zero-order valence-corrected chi connectivity index (χ0v) is 26.4. The summed E-state index contributed by atoms with van der Waals surface area (Å²) in [5.41, 5.74) is 10.9. The first kappa shape index (κ1) is 40.2. The average molecular weight is 636 g/mol. The first-order valence-corrected chi connectivity index (χ1v) is 16.3. The van der Waals surface area contributed by atoms with Crippen LogP contribution in [0.3, 0.4) is 0 Å². The molecule has 1 unspecified atom stereocenters. The maximum Gasteiger partial charge on any atom is 0.407 e. The molecule has 0 radical (unpaired) electrons. The van der Waals surface area contributed by atoms with E-state index >= 15 is 0 Å². The molecule has 260 valence electrons. The summed E-state index contributed by atoms with van der Waals surface area (Å²) < 4.78 is 10.4. The van der Waals surface area contributed by atoms with Crippen molar-refractivity contribution in [1.29, 1.82) is 0 Å². The molecule has 1 aliphatic rings. The van der Waals surface area contributed by atoms with Crippen LogP contribution in [0.2, 0.25) is 0 Å². The molecule has 0 aromatic rings. The number of nitrogens with two attached hydrogens (primary N) is 2. The van der Waals surface area contributed by atoms with Gasteiger partial charge in [-0.1, -0.05) is 0 Å². The van der Waals surface area contributed by atoms with Gasteiger partial charge >= 0.3 is 12.1 Å². The number of alkyl carbamates (subject to hydrolysis) is 1. The second kappa shape index (κ2) is 27.5. The number of ether oxygens (including phenoxy) is 2. The van der Waals surface area contributed by atoms with E-state index in [1.165, 1.54) is 0 Å². The number of aliphatic hydroxyl groups is 3. The van der Waals surface area contributed by atoms with E-state index in [1.807, 2.05) is 0 Å². The van der Waals surface area contributed by atoms with Crippen LogP contribution < -0.4 is 48.7 Å². The van der Waals surface area contributed by atoms with Gasteiger partial charge in [0, 0.05) is 13.1 Å². The first-order chi connectivity index (χ1) is 21.4. The highest BCUT2D eigenvalue weighted by Gasteiger charge is 2.45. The van der Waals surface area contributed by atoms with Gasteiger partial charge in [0.15, 0.2) is 6.29 Å². The maximum atomic E-state index is 12.2. The third-order valence-electron chi connectivity index (χ3n) is 7.04. The molecule has 16 nitrogen and oxygen atoms in total. The molecule has 14 N–H and O–H groups in total. The van der Waals surface area contributed by atoms with Crippen LogP contribution in [0.1, 0.15) is 51.4 Å². The number of nitrogens with one attached hydrogen (secondary N) is 7. The summed E-state index contributed by atoms with van der Waals surface area (Å²) in [6.45, 7) is 8.92. The zero-order valence-electron chi connectivity index (χ0n) is 26.4. The number of amides is 3. The summed E-state index contributed by atoms with van der Waals surface area (Å²) in [5.74, 6) is 0. The van der Waals surface area contributed by atoms with Gasteiger partial charge in [0.1, 0.15) is 31.0 Å². The molecular formula is C28H61N9O7. The molecule has 5 atom stereocenters. The van der Waals surface area contributed by atoms with Crippen molar-refractivity contribution in [2.75, 3.05) is 85.1 Å². The minimum atomic E-state index is -1.60. The Kier molecular flexibility index (Phi) is 25.1. The van der Waals surface area contributed by atoms with E-state index in [1.54, 1.807) is 0 Å². The molecule has 0 aromatic heterocycles. The molecule has 0 aromatic carbocycles. The topological polar surface area (TPSA) is 250 Å². The number of urea groups is 1. The SMILES string of the molecule is NCCCNCCCCNCCCNC(=O)N[C@H]1C(O)O[C@H](COC(=O)NCCCNCCCCNCCCN)[C@@H](O)[C@@H]1O. The fourth-order valence-electron chi connectivity index (χ4n) is 4.42. The van der Waals surface area contributed by atoms with Gasteiger partial charge in [0.05, 0.1) is 0 Å². The van der Waals surface area contributed by atoms with Crippen LogP contribution in [0.4, 0.5) is 9.59 Å². The summed E-state index contributed by atoms with van der Waals surface area (Å²) in [6, 6.07) is -1.86. The normalized spacial score (nSPS) is 21.6. The lowest BCUT2D eigenvalue weighted by Crippen LogP contribution is -2.65. The van der Waals surface area contributed by atoms with Crippen LogP contribution in [0.15, 0.2) is 0 Å².